The van der Waals surface area contributed by atoms with E-state index in [2.05, 4.69) is 10.3 Å². The third kappa shape index (κ3) is 4.93. The Morgan fingerprint density at radius 2 is 2.12 bits per heavy atom. The molecule has 0 amide bonds. The van der Waals surface area contributed by atoms with Gasteiger partial charge < -0.3 is 15.2 Å². The zero-order chi connectivity index (χ0) is 19.3. The van der Waals surface area contributed by atoms with Crippen molar-refractivity contribution in [3.05, 3.63) is 45.1 Å². The first-order valence-corrected chi connectivity index (χ1v) is 9.60. The molecule has 0 saturated carbocycles. The first kappa shape index (κ1) is 20.6. The quantitative estimate of drug-likeness (QED) is 0.680. The van der Waals surface area contributed by atoms with Crippen LogP contribution in [0.15, 0.2) is 34.5 Å². The number of hydrogen-bond donors (Lipinski definition) is 2. The number of rotatable bonds is 6. The van der Waals surface area contributed by atoms with Crippen LogP contribution in [-0.4, -0.2) is 34.6 Å². The lowest BCUT2D eigenvalue weighted by atomic mass is 9.96. The van der Waals surface area contributed by atoms with Gasteiger partial charge in [0.1, 0.15) is 6.04 Å². The first-order chi connectivity index (χ1) is 12.3. The maximum atomic E-state index is 12.4. The van der Waals surface area contributed by atoms with Crippen molar-refractivity contribution in [2.75, 3.05) is 12.4 Å². The predicted molar refractivity (Wildman–Crippen MR) is 104 cm³/mol. The predicted octanol–water partition coefficient (Wildman–Crippen LogP) is 4.04. The fourth-order valence-corrected chi connectivity index (χ4v) is 3.67. The van der Waals surface area contributed by atoms with Crippen LogP contribution in [0.4, 0.5) is 0 Å². The monoisotopic (exact) mass is 416 g/mol. The molecule has 0 aliphatic carbocycles. The van der Waals surface area contributed by atoms with Gasteiger partial charge >= 0.3 is 11.9 Å². The number of aliphatic imine (C=N–C) groups is 1. The maximum Gasteiger partial charge on any atom is 0.338 e. The number of halogens is 2. The number of hydrogen-bond acceptors (Lipinski definition) is 6. The molecular weight excluding hydrogens is 399 g/mol. The molecule has 9 heteroatoms. The van der Waals surface area contributed by atoms with Crippen molar-refractivity contribution in [1.29, 1.82) is 0 Å². The summed E-state index contributed by atoms with van der Waals surface area (Å²) in [6.45, 7) is 3.70. The third-order valence-electron chi connectivity index (χ3n) is 3.54. The zero-order valence-electron chi connectivity index (χ0n) is 14.2. The number of nitrogens with zero attached hydrogens (tertiary/aromatic N) is 1. The molecule has 0 bridgehead atoms. The van der Waals surface area contributed by atoms with Gasteiger partial charge in [0.25, 0.3) is 0 Å². The second kappa shape index (κ2) is 9.30. The van der Waals surface area contributed by atoms with E-state index in [0.717, 1.165) is 0 Å². The van der Waals surface area contributed by atoms with Gasteiger partial charge in [-0.05, 0) is 19.9 Å². The maximum absolute atomic E-state index is 12.4. The van der Waals surface area contributed by atoms with E-state index in [1.165, 1.54) is 11.8 Å². The summed E-state index contributed by atoms with van der Waals surface area (Å²) in [5.74, 6) is -1.03. The van der Waals surface area contributed by atoms with Crippen LogP contribution in [0.5, 0.6) is 0 Å². The molecule has 1 heterocycles. The van der Waals surface area contributed by atoms with Gasteiger partial charge in [-0.1, -0.05) is 47.1 Å². The van der Waals surface area contributed by atoms with Crippen LogP contribution < -0.4 is 5.32 Å². The molecular formula is C17H18Cl2N2O4S. The molecule has 1 aromatic rings. The fourth-order valence-electron chi connectivity index (χ4n) is 2.39. The standard InChI is InChI=1S/C17H18Cl2N2O4S/c1-3-25-16(24)13-9(2)20-17(26-8-7-12(22)23)21-15(13)10-5-4-6-11(18)14(10)19/h4-6,15H,3,7-8H2,1-2H3,(H,20,21)(H,22,23)/t15-/m0/s1. The van der Waals surface area contributed by atoms with Crippen molar-refractivity contribution >= 4 is 52.1 Å². The highest BCUT2D eigenvalue weighted by atomic mass is 35.5. The van der Waals surface area contributed by atoms with E-state index in [-0.39, 0.29) is 13.0 Å². The van der Waals surface area contributed by atoms with Gasteiger partial charge in [-0.2, -0.15) is 0 Å². The highest BCUT2D eigenvalue weighted by molar-refractivity contribution is 8.13. The van der Waals surface area contributed by atoms with Crippen molar-refractivity contribution in [3.63, 3.8) is 0 Å². The number of amidine groups is 1. The number of benzene rings is 1. The largest absolute Gasteiger partial charge is 0.481 e. The Balaban J connectivity index is 2.41. The molecule has 1 aliphatic heterocycles. The number of esters is 1. The van der Waals surface area contributed by atoms with E-state index in [1.807, 2.05) is 0 Å². The smallest absolute Gasteiger partial charge is 0.338 e. The number of thioether (sulfide) groups is 1. The van der Waals surface area contributed by atoms with E-state index in [1.54, 1.807) is 32.0 Å². The van der Waals surface area contributed by atoms with Crippen LogP contribution in [0.25, 0.3) is 0 Å². The van der Waals surface area contributed by atoms with Gasteiger partial charge in [0.15, 0.2) is 5.17 Å². The first-order valence-electron chi connectivity index (χ1n) is 7.86. The van der Waals surface area contributed by atoms with Gasteiger partial charge in [-0.3, -0.25) is 4.79 Å². The number of ether oxygens (including phenoxy) is 1. The van der Waals surface area contributed by atoms with E-state index >= 15 is 0 Å². The number of carboxylic acids is 1. The molecule has 1 atom stereocenters. The molecule has 0 unspecified atom stereocenters. The van der Waals surface area contributed by atoms with Crippen molar-refractivity contribution in [1.82, 2.24) is 5.32 Å². The molecule has 0 saturated heterocycles. The molecule has 0 aromatic heterocycles. The summed E-state index contributed by atoms with van der Waals surface area (Å²) in [6, 6.07) is 4.45. The molecule has 140 valence electrons. The summed E-state index contributed by atoms with van der Waals surface area (Å²) in [6.07, 6.45) is 0.00144. The topological polar surface area (TPSA) is 88.0 Å². The SMILES string of the molecule is CCOC(=O)C1=C(C)NC(SCCC(=O)O)=N[C@H]1c1cccc(Cl)c1Cl. The second-order valence-electron chi connectivity index (χ2n) is 5.36. The minimum atomic E-state index is -0.886. The van der Waals surface area contributed by atoms with Gasteiger partial charge in [0.2, 0.25) is 0 Å². The highest BCUT2D eigenvalue weighted by Gasteiger charge is 2.32. The molecule has 0 spiro atoms. The summed E-state index contributed by atoms with van der Waals surface area (Å²) >= 11 is 13.7. The summed E-state index contributed by atoms with van der Waals surface area (Å²) in [7, 11) is 0. The third-order valence-corrected chi connectivity index (χ3v) is 5.27. The van der Waals surface area contributed by atoms with Crippen LogP contribution >= 0.6 is 35.0 Å². The Labute approximate surface area is 165 Å². The molecule has 2 rings (SSSR count). The Morgan fingerprint density at radius 1 is 1.38 bits per heavy atom. The molecule has 2 N–H and O–H groups in total. The van der Waals surface area contributed by atoms with Crippen molar-refractivity contribution in [2.24, 2.45) is 4.99 Å². The lowest BCUT2D eigenvalue weighted by molar-refractivity contribution is -0.139. The molecule has 1 aromatic carbocycles. The number of carbonyl (C=O) groups excluding carboxylic acids is 1. The molecule has 0 radical (unpaired) electrons. The van der Waals surface area contributed by atoms with Crippen molar-refractivity contribution < 1.29 is 19.4 Å². The van der Waals surface area contributed by atoms with Gasteiger partial charge in [-0.25, -0.2) is 9.79 Å². The average Bonchev–Trinajstić information content (AvgIpc) is 2.56. The van der Waals surface area contributed by atoms with E-state index in [0.29, 0.717) is 37.8 Å². The summed E-state index contributed by atoms with van der Waals surface area (Å²) in [4.78, 5) is 27.7. The highest BCUT2D eigenvalue weighted by Crippen LogP contribution is 2.39. The molecule has 6 nitrogen and oxygen atoms in total. The lowest BCUT2D eigenvalue weighted by Crippen LogP contribution is -2.31. The number of carbonyl (C=O) groups is 2. The van der Waals surface area contributed by atoms with Gasteiger partial charge in [0, 0.05) is 17.0 Å². The summed E-state index contributed by atoms with van der Waals surface area (Å²) in [5.41, 5.74) is 1.51. The van der Waals surface area contributed by atoms with Crippen LogP contribution in [-0.2, 0) is 14.3 Å². The number of allylic oxidation sites excluding steroid dienone is 1. The minimum Gasteiger partial charge on any atom is -0.481 e. The summed E-state index contributed by atoms with van der Waals surface area (Å²) < 4.78 is 5.15. The van der Waals surface area contributed by atoms with E-state index in [9.17, 15) is 9.59 Å². The average molecular weight is 417 g/mol. The van der Waals surface area contributed by atoms with Crippen molar-refractivity contribution in [3.8, 4) is 0 Å². The van der Waals surface area contributed by atoms with E-state index in [4.69, 9.17) is 33.0 Å². The normalized spacial score (nSPS) is 16.8. The zero-order valence-corrected chi connectivity index (χ0v) is 16.5. The van der Waals surface area contributed by atoms with Crippen molar-refractivity contribution in [2.45, 2.75) is 26.3 Å². The van der Waals surface area contributed by atoms with Gasteiger partial charge in [0.05, 0.1) is 28.6 Å². The number of aliphatic carboxylic acids is 1. The second-order valence-corrected chi connectivity index (χ2v) is 7.22. The Bertz CT molecular complexity index is 780. The lowest BCUT2D eigenvalue weighted by Gasteiger charge is -2.26. The van der Waals surface area contributed by atoms with Gasteiger partial charge in [-0.15, -0.1) is 0 Å². The Hall–Kier alpha value is -1.70. The molecule has 1 aliphatic rings. The van der Waals surface area contributed by atoms with Crippen LogP contribution in [0.3, 0.4) is 0 Å². The van der Waals surface area contributed by atoms with E-state index < -0.39 is 18.0 Å². The van der Waals surface area contributed by atoms with Crippen LogP contribution in [0.1, 0.15) is 31.9 Å². The Morgan fingerprint density at radius 3 is 2.77 bits per heavy atom. The van der Waals surface area contributed by atoms with Crippen LogP contribution in [0.2, 0.25) is 10.0 Å². The van der Waals surface area contributed by atoms with Crippen LogP contribution in [0, 0.1) is 0 Å². The summed E-state index contributed by atoms with van der Waals surface area (Å²) in [5, 5.41) is 13.0. The molecule has 0 fully saturated rings. The molecule has 26 heavy (non-hydrogen) atoms. The number of carboxylic acid groups (broad SMARTS) is 1. The minimum absolute atomic E-state index is 0.00144. The Kier molecular flexibility index (Phi) is 7.37. The number of nitrogens with one attached hydrogen (secondary N) is 1. The fraction of sp³-hybridized carbons (Fsp3) is 0.353.